The van der Waals surface area contributed by atoms with E-state index >= 15 is 0 Å². The van der Waals surface area contributed by atoms with Crippen molar-refractivity contribution in [1.29, 1.82) is 0 Å². The smallest absolute Gasteiger partial charge is 0.0702 e. The van der Waals surface area contributed by atoms with E-state index in [-0.39, 0.29) is 0 Å². The molecule has 3 nitrogen and oxygen atoms in total. The molecular formula is C17H34N2O. The fraction of sp³-hybridized carbons (Fsp3) is 1.00. The summed E-state index contributed by atoms with van der Waals surface area (Å²) in [6.07, 6.45) is 8.18. The first-order chi connectivity index (χ1) is 9.65. The molecule has 2 fully saturated rings. The topological polar surface area (TPSA) is 24.5 Å². The third-order valence-corrected chi connectivity index (χ3v) is 4.87. The van der Waals surface area contributed by atoms with Crippen LogP contribution in [0.1, 0.15) is 59.3 Å². The van der Waals surface area contributed by atoms with Crippen LogP contribution in [-0.4, -0.2) is 49.8 Å². The molecule has 1 saturated carbocycles. The van der Waals surface area contributed by atoms with Crippen molar-refractivity contribution in [2.24, 2.45) is 5.41 Å². The summed E-state index contributed by atoms with van der Waals surface area (Å²) in [5.74, 6) is 0. The van der Waals surface area contributed by atoms with Gasteiger partial charge in [0.05, 0.1) is 6.10 Å². The van der Waals surface area contributed by atoms with E-state index in [1.54, 1.807) is 0 Å². The van der Waals surface area contributed by atoms with Gasteiger partial charge in [0.25, 0.3) is 0 Å². The highest BCUT2D eigenvalue weighted by atomic mass is 16.5. The molecule has 0 aromatic heterocycles. The minimum atomic E-state index is 0.412. The molecule has 1 heterocycles. The van der Waals surface area contributed by atoms with Crippen molar-refractivity contribution < 1.29 is 4.74 Å². The minimum Gasteiger partial charge on any atom is -0.377 e. The molecule has 0 amide bonds. The third kappa shape index (κ3) is 5.34. The molecule has 20 heavy (non-hydrogen) atoms. The number of piperidine rings is 1. The van der Waals surface area contributed by atoms with Crippen molar-refractivity contribution in [2.45, 2.75) is 71.4 Å². The summed E-state index contributed by atoms with van der Waals surface area (Å²) >= 11 is 0. The van der Waals surface area contributed by atoms with Gasteiger partial charge in [0, 0.05) is 32.3 Å². The number of ether oxygens (including phenoxy) is 1. The highest BCUT2D eigenvalue weighted by Gasteiger charge is 2.31. The molecule has 2 unspecified atom stereocenters. The zero-order valence-electron chi connectivity index (χ0n) is 13.8. The van der Waals surface area contributed by atoms with Gasteiger partial charge in [-0.05, 0) is 50.5 Å². The Balaban J connectivity index is 1.76. The molecule has 3 heteroatoms. The molecule has 1 saturated heterocycles. The van der Waals surface area contributed by atoms with E-state index in [0.717, 1.165) is 25.6 Å². The molecule has 1 aliphatic carbocycles. The van der Waals surface area contributed by atoms with Gasteiger partial charge in [0.15, 0.2) is 0 Å². The van der Waals surface area contributed by atoms with E-state index in [1.807, 2.05) is 0 Å². The first kappa shape index (κ1) is 16.3. The van der Waals surface area contributed by atoms with Gasteiger partial charge >= 0.3 is 0 Å². The monoisotopic (exact) mass is 282 g/mol. The highest BCUT2D eigenvalue weighted by Crippen LogP contribution is 2.27. The van der Waals surface area contributed by atoms with Crippen molar-refractivity contribution in [2.75, 3.05) is 32.8 Å². The van der Waals surface area contributed by atoms with Gasteiger partial charge in [-0.15, -0.1) is 0 Å². The standard InChI is InChI=1S/C17H34N2O/c1-4-11-20-16-7-6-10-19(12-16)14-17(3,5-2)13-18-15-8-9-15/h15-16,18H,4-14H2,1-3H3. The molecule has 0 radical (unpaired) electrons. The van der Waals surface area contributed by atoms with Crippen molar-refractivity contribution in [1.82, 2.24) is 10.2 Å². The number of hydrogen-bond donors (Lipinski definition) is 1. The van der Waals surface area contributed by atoms with Crippen LogP contribution in [0.2, 0.25) is 0 Å². The van der Waals surface area contributed by atoms with Gasteiger partial charge in [-0.1, -0.05) is 20.8 Å². The zero-order chi connectivity index (χ0) is 14.4. The van der Waals surface area contributed by atoms with Crippen molar-refractivity contribution >= 4 is 0 Å². The van der Waals surface area contributed by atoms with E-state index in [2.05, 4.69) is 31.0 Å². The quantitative estimate of drug-likeness (QED) is 0.703. The number of rotatable bonds is 9. The second kappa shape index (κ2) is 7.77. The summed E-state index contributed by atoms with van der Waals surface area (Å²) in [4.78, 5) is 2.64. The van der Waals surface area contributed by atoms with E-state index in [1.165, 1.54) is 51.7 Å². The fourth-order valence-corrected chi connectivity index (χ4v) is 3.09. The maximum Gasteiger partial charge on any atom is 0.0702 e. The van der Waals surface area contributed by atoms with Gasteiger partial charge in [-0.3, -0.25) is 0 Å². The molecule has 0 spiro atoms. The van der Waals surface area contributed by atoms with Gasteiger partial charge in [0.2, 0.25) is 0 Å². The minimum absolute atomic E-state index is 0.412. The summed E-state index contributed by atoms with van der Waals surface area (Å²) in [5, 5.41) is 3.73. The van der Waals surface area contributed by atoms with Crippen LogP contribution in [0.3, 0.4) is 0 Å². The van der Waals surface area contributed by atoms with Crippen LogP contribution in [0.4, 0.5) is 0 Å². The second-order valence-corrected chi connectivity index (χ2v) is 7.19. The summed E-state index contributed by atoms with van der Waals surface area (Å²) in [7, 11) is 0. The van der Waals surface area contributed by atoms with Crippen LogP contribution in [-0.2, 0) is 4.74 Å². The Hall–Kier alpha value is -0.120. The lowest BCUT2D eigenvalue weighted by molar-refractivity contribution is -0.0107. The van der Waals surface area contributed by atoms with Gasteiger partial charge < -0.3 is 15.0 Å². The number of hydrogen-bond acceptors (Lipinski definition) is 3. The zero-order valence-corrected chi connectivity index (χ0v) is 13.8. The summed E-state index contributed by atoms with van der Waals surface area (Å²) in [6.45, 7) is 12.7. The molecular weight excluding hydrogens is 248 g/mol. The van der Waals surface area contributed by atoms with Crippen molar-refractivity contribution in [3.63, 3.8) is 0 Å². The van der Waals surface area contributed by atoms with Crippen LogP contribution < -0.4 is 5.32 Å². The third-order valence-electron chi connectivity index (χ3n) is 4.87. The van der Waals surface area contributed by atoms with Gasteiger partial charge in [0.1, 0.15) is 0 Å². The van der Waals surface area contributed by atoms with Crippen LogP contribution >= 0.6 is 0 Å². The molecule has 2 aliphatic rings. The lowest BCUT2D eigenvalue weighted by Gasteiger charge is -2.39. The van der Waals surface area contributed by atoms with Crippen LogP contribution in [0, 0.1) is 5.41 Å². The Kier molecular flexibility index (Phi) is 6.31. The van der Waals surface area contributed by atoms with E-state index in [9.17, 15) is 0 Å². The highest BCUT2D eigenvalue weighted by molar-refractivity contribution is 4.88. The molecule has 0 aromatic carbocycles. The Bertz CT molecular complexity index is 280. The average Bonchev–Trinajstić information content (AvgIpc) is 3.28. The van der Waals surface area contributed by atoms with Crippen molar-refractivity contribution in [3.05, 3.63) is 0 Å². The summed E-state index contributed by atoms with van der Waals surface area (Å²) in [5.41, 5.74) is 0.412. The number of likely N-dealkylation sites (tertiary alicyclic amines) is 1. The molecule has 0 aromatic rings. The molecule has 1 N–H and O–H groups in total. The average molecular weight is 282 g/mol. The number of nitrogens with one attached hydrogen (secondary N) is 1. The molecule has 2 atom stereocenters. The normalized spacial score (nSPS) is 27.4. The Morgan fingerprint density at radius 3 is 2.70 bits per heavy atom. The van der Waals surface area contributed by atoms with E-state index in [0.29, 0.717) is 11.5 Å². The Morgan fingerprint density at radius 1 is 1.25 bits per heavy atom. The van der Waals surface area contributed by atoms with Gasteiger partial charge in [-0.25, -0.2) is 0 Å². The number of nitrogens with zero attached hydrogens (tertiary/aromatic N) is 1. The van der Waals surface area contributed by atoms with Crippen LogP contribution in [0.5, 0.6) is 0 Å². The first-order valence-corrected chi connectivity index (χ1v) is 8.72. The Morgan fingerprint density at radius 2 is 2.05 bits per heavy atom. The van der Waals surface area contributed by atoms with E-state index < -0.39 is 0 Å². The Labute approximate surface area is 125 Å². The molecule has 0 bridgehead atoms. The van der Waals surface area contributed by atoms with E-state index in [4.69, 9.17) is 4.74 Å². The molecule has 2 rings (SSSR count). The SMILES string of the molecule is CCCOC1CCCN(CC(C)(CC)CNC2CC2)C1. The van der Waals surface area contributed by atoms with Crippen LogP contribution in [0.15, 0.2) is 0 Å². The lowest BCUT2D eigenvalue weighted by atomic mass is 9.86. The fourth-order valence-electron chi connectivity index (χ4n) is 3.09. The predicted molar refractivity (Wildman–Crippen MR) is 85.1 cm³/mol. The largest absolute Gasteiger partial charge is 0.377 e. The molecule has 118 valence electrons. The van der Waals surface area contributed by atoms with Crippen molar-refractivity contribution in [3.8, 4) is 0 Å². The maximum absolute atomic E-state index is 5.96. The van der Waals surface area contributed by atoms with Gasteiger partial charge in [-0.2, -0.15) is 0 Å². The summed E-state index contributed by atoms with van der Waals surface area (Å²) < 4.78 is 5.96. The predicted octanol–water partition coefficient (Wildman–Crippen LogP) is 3.05. The van der Waals surface area contributed by atoms with Crippen LogP contribution in [0.25, 0.3) is 0 Å². The maximum atomic E-state index is 5.96. The second-order valence-electron chi connectivity index (χ2n) is 7.19. The molecule has 1 aliphatic heterocycles. The first-order valence-electron chi connectivity index (χ1n) is 8.72. The lowest BCUT2D eigenvalue weighted by Crippen LogP contribution is -2.47. The summed E-state index contributed by atoms with van der Waals surface area (Å²) in [6, 6.07) is 0.822.